The molecule has 0 fully saturated rings. The van der Waals surface area contributed by atoms with Crippen molar-refractivity contribution in [2.75, 3.05) is 6.26 Å². The van der Waals surface area contributed by atoms with Crippen LogP contribution in [0, 0.1) is 0 Å². The molecule has 0 saturated heterocycles. The second-order valence-electron chi connectivity index (χ2n) is 3.95. The van der Waals surface area contributed by atoms with Crippen molar-refractivity contribution < 1.29 is 0 Å². The van der Waals surface area contributed by atoms with Crippen molar-refractivity contribution in [2.45, 2.75) is 4.90 Å². The zero-order chi connectivity index (χ0) is 12.4. The largest absolute Gasteiger partial charge is 0.255 e. The van der Waals surface area contributed by atoms with Gasteiger partial charge in [0.2, 0.25) is 0 Å². The normalized spacial score (nSPS) is 10.7. The Morgan fingerprint density at radius 1 is 1.00 bits per heavy atom. The zero-order valence-electron chi connectivity index (χ0n) is 10.00. The molecule has 0 N–H and O–H groups in total. The van der Waals surface area contributed by atoms with Crippen LogP contribution in [0.25, 0.3) is 22.3 Å². The number of rotatable bonds is 2. The maximum Gasteiger partial charge on any atom is 0.103 e. The number of fused-ring (bicyclic) bond motifs is 1. The van der Waals surface area contributed by atoms with Gasteiger partial charge < -0.3 is 0 Å². The van der Waals surface area contributed by atoms with E-state index in [0.717, 1.165) is 21.8 Å². The van der Waals surface area contributed by atoms with E-state index in [0.29, 0.717) is 0 Å². The summed E-state index contributed by atoms with van der Waals surface area (Å²) >= 11 is 1.70. The van der Waals surface area contributed by atoms with Crippen molar-refractivity contribution in [3.8, 4) is 11.4 Å². The summed E-state index contributed by atoms with van der Waals surface area (Å²) in [7, 11) is 0. The van der Waals surface area contributed by atoms with Crippen LogP contribution in [0.2, 0.25) is 0 Å². The summed E-state index contributed by atoms with van der Waals surface area (Å²) in [6.45, 7) is 0. The van der Waals surface area contributed by atoms with Crippen LogP contribution in [0.4, 0.5) is 0 Å². The summed E-state index contributed by atoms with van der Waals surface area (Å²) < 4.78 is 0. The molecule has 18 heavy (non-hydrogen) atoms. The third kappa shape index (κ3) is 1.97. The lowest BCUT2D eigenvalue weighted by Gasteiger charge is -2.07. The lowest BCUT2D eigenvalue weighted by Crippen LogP contribution is -1.91. The number of thioether (sulfide) groups is 1. The monoisotopic (exact) mass is 252 g/mol. The van der Waals surface area contributed by atoms with Crippen molar-refractivity contribution in [3.05, 3.63) is 54.7 Å². The van der Waals surface area contributed by atoms with Crippen LogP contribution in [0.15, 0.2) is 59.6 Å². The van der Waals surface area contributed by atoms with E-state index < -0.39 is 0 Å². The van der Waals surface area contributed by atoms with Gasteiger partial charge in [0.25, 0.3) is 0 Å². The zero-order valence-corrected chi connectivity index (χ0v) is 10.8. The number of para-hydroxylation sites is 1. The smallest absolute Gasteiger partial charge is 0.103 e. The van der Waals surface area contributed by atoms with Gasteiger partial charge in [-0.05, 0) is 30.5 Å². The molecule has 0 unspecified atom stereocenters. The van der Waals surface area contributed by atoms with Crippen molar-refractivity contribution >= 4 is 22.7 Å². The van der Waals surface area contributed by atoms with E-state index in [1.54, 1.807) is 18.0 Å². The van der Waals surface area contributed by atoms with Crippen molar-refractivity contribution in [1.29, 1.82) is 0 Å². The minimum absolute atomic E-state index is 0.924. The molecule has 0 radical (unpaired) electrons. The highest BCUT2D eigenvalue weighted by molar-refractivity contribution is 7.98. The molecule has 3 rings (SSSR count). The number of aromatic nitrogens is 2. The van der Waals surface area contributed by atoms with Gasteiger partial charge in [-0.2, -0.15) is 0 Å². The molecule has 88 valence electrons. The van der Waals surface area contributed by atoms with E-state index >= 15 is 0 Å². The molecule has 2 nitrogen and oxygen atoms in total. The number of nitrogens with zero attached hydrogens (tertiary/aromatic N) is 2. The Balaban J connectivity index is 2.27. The number of benzene rings is 1. The van der Waals surface area contributed by atoms with E-state index in [4.69, 9.17) is 4.98 Å². The van der Waals surface area contributed by atoms with Crippen molar-refractivity contribution in [3.63, 3.8) is 0 Å². The van der Waals surface area contributed by atoms with Crippen molar-refractivity contribution in [2.24, 2.45) is 0 Å². The van der Waals surface area contributed by atoms with E-state index in [-0.39, 0.29) is 0 Å². The van der Waals surface area contributed by atoms with E-state index in [1.165, 1.54) is 5.39 Å². The summed E-state index contributed by atoms with van der Waals surface area (Å²) in [5.41, 5.74) is 2.89. The van der Waals surface area contributed by atoms with Gasteiger partial charge in [-0.3, -0.25) is 4.98 Å². The second-order valence-corrected chi connectivity index (χ2v) is 4.79. The predicted molar refractivity (Wildman–Crippen MR) is 76.8 cm³/mol. The summed E-state index contributed by atoms with van der Waals surface area (Å²) in [6, 6.07) is 16.3. The molecule has 0 atom stereocenters. The van der Waals surface area contributed by atoms with Crippen molar-refractivity contribution in [1.82, 2.24) is 9.97 Å². The molecule has 0 bridgehead atoms. The summed E-state index contributed by atoms with van der Waals surface area (Å²) in [6.07, 6.45) is 3.87. The Hall–Kier alpha value is -1.87. The van der Waals surface area contributed by atoms with E-state index in [9.17, 15) is 0 Å². The summed E-state index contributed by atoms with van der Waals surface area (Å²) in [4.78, 5) is 10.3. The van der Waals surface area contributed by atoms with Gasteiger partial charge in [-0.15, -0.1) is 11.8 Å². The highest BCUT2D eigenvalue weighted by Gasteiger charge is 2.08. The molecular weight excluding hydrogens is 240 g/mol. The SMILES string of the molecule is CSc1cc2ccccc2nc1-c1ccccn1. The van der Waals surface area contributed by atoms with Crippen LogP contribution in [0.1, 0.15) is 0 Å². The number of pyridine rings is 2. The molecule has 1 aromatic carbocycles. The first-order chi connectivity index (χ1) is 8.88. The minimum Gasteiger partial charge on any atom is -0.255 e. The van der Waals surface area contributed by atoms with Crippen LogP contribution >= 0.6 is 11.8 Å². The molecule has 0 aliphatic heterocycles. The fourth-order valence-electron chi connectivity index (χ4n) is 1.94. The summed E-state index contributed by atoms with van der Waals surface area (Å²) in [5.74, 6) is 0. The number of hydrogen-bond donors (Lipinski definition) is 0. The van der Waals surface area contributed by atoms with E-state index in [1.807, 2.05) is 36.4 Å². The van der Waals surface area contributed by atoms with Crippen LogP contribution in [-0.2, 0) is 0 Å². The quantitative estimate of drug-likeness (QED) is 0.644. The molecule has 0 aliphatic carbocycles. The van der Waals surface area contributed by atoms with Crippen LogP contribution in [-0.4, -0.2) is 16.2 Å². The maximum atomic E-state index is 4.73. The predicted octanol–water partition coefficient (Wildman–Crippen LogP) is 4.02. The molecule has 3 aromatic rings. The third-order valence-corrected chi connectivity index (χ3v) is 3.57. The molecule has 0 amide bonds. The average Bonchev–Trinajstić information content (AvgIpc) is 2.46. The molecular formula is C15H12N2S. The molecule has 0 aliphatic rings. The van der Waals surface area contributed by atoms with Crippen LogP contribution in [0.3, 0.4) is 0 Å². The standard InChI is InChI=1S/C15H12N2S/c1-18-14-10-11-6-2-3-7-12(11)17-15(14)13-8-4-5-9-16-13/h2-10H,1H3. The Labute approximate surface area is 110 Å². The lowest BCUT2D eigenvalue weighted by molar-refractivity contribution is 1.23. The fourth-order valence-corrected chi connectivity index (χ4v) is 2.53. The van der Waals surface area contributed by atoms with Gasteiger partial charge in [-0.25, -0.2) is 4.98 Å². The Kier molecular flexibility index (Phi) is 2.99. The first kappa shape index (κ1) is 11.2. The van der Waals surface area contributed by atoms with Crippen LogP contribution < -0.4 is 0 Å². The molecule has 2 heterocycles. The van der Waals surface area contributed by atoms with Gasteiger partial charge in [0, 0.05) is 16.5 Å². The fraction of sp³-hybridized carbons (Fsp3) is 0.0667. The third-order valence-electron chi connectivity index (χ3n) is 2.82. The Morgan fingerprint density at radius 2 is 1.83 bits per heavy atom. The van der Waals surface area contributed by atoms with Gasteiger partial charge in [0.15, 0.2) is 0 Å². The highest BCUT2D eigenvalue weighted by atomic mass is 32.2. The number of hydrogen-bond acceptors (Lipinski definition) is 3. The molecule has 3 heteroatoms. The second kappa shape index (κ2) is 4.78. The Morgan fingerprint density at radius 3 is 2.61 bits per heavy atom. The van der Waals surface area contributed by atoms with Gasteiger partial charge >= 0.3 is 0 Å². The molecule has 2 aromatic heterocycles. The van der Waals surface area contributed by atoms with Crippen LogP contribution in [0.5, 0.6) is 0 Å². The van der Waals surface area contributed by atoms with Gasteiger partial charge in [0.05, 0.1) is 11.2 Å². The molecule has 0 spiro atoms. The minimum atomic E-state index is 0.924. The lowest BCUT2D eigenvalue weighted by atomic mass is 10.1. The van der Waals surface area contributed by atoms with Gasteiger partial charge in [-0.1, -0.05) is 24.3 Å². The molecule has 0 saturated carbocycles. The maximum absolute atomic E-state index is 4.73. The highest BCUT2D eigenvalue weighted by Crippen LogP contribution is 2.30. The van der Waals surface area contributed by atoms with Gasteiger partial charge in [0.1, 0.15) is 5.69 Å². The first-order valence-corrected chi connectivity index (χ1v) is 6.96. The van der Waals surface area contributed by atoms with E-state index in [2.05, 4.69) is 23.4 Å². The summed E-state index contributed by atoms with van der Waals surface area (Å²) in [5, 5.41) is 1.17. The topological polar surface area (TPSA) is 25.8 Å². The average molecular weight is 252 g/mol. The first-order valence-electron chi connectivity index (χ1n) is 5.73. The Bertz CT molecular complexity index is 680.